The second-order valence-electron chi connectivity index (χ2n) is 7.17. The third-order valence-corrected chi connectivity index (χ3v) is 4.73. The molecule has 158 valence electrons. The Morgan fingerprint density at radius 2 is 2.00 bits per heavy atom. The summed E-state index contributed by atoms with van der Waals surface area (Å²) in [5, 5.41) is 10.6. The first-order chi connectivity index (χ1) is 14.9. The van der Waals surface area contributed by atoms with Crippen molar-refractivity contribution in [1.29, 1.82) is 0 Å². The van der Waals surface area contributed by atoms with Crippen molar-refractivity contribution in [1.82, 2.24) is 30.0 Å². The second-order valence-corrected chi connectivity index (χ2v) is 7.17. The molecule has 0 saturated heterocycles. The van der Waals surface area contributed by atoms with Gasteiger partial charge in [-0.2, -0.15) is 5.10 Å². The molecule has 4 rings (SSSR count). The first kappa shape index (κ1) is 20.4. The molecule has 0 aliphatic rings. The normalized spacial score (nSPS) is 11.0. The van der Waals surface area contributed by atoms with Gasteiger partial charge >= 0.3 is 0 Å². The first-order valence-electron chi connectivity index (χ1n) is 9.90. The van der Waals surface area contributed by atoms with Crippen LogP contribution in [0.4, 0.5) is 15.8 Å². The van der Waals surface area contributed by atoms with Crippen LogP contribution >= 0.6 is 0 Å². The number of likely N-dealkylation sites (N-methyl/N-ethyl adjacent to an activating group) is 1. The number of aryl methyl sites for hydroxylation is 2. The minimum Gasteiger partial charge on any atom is -0.355 e. The largest absolute Gasteiger partial charge is 0.355 e. The van der Waals surface area contributed by atoms with Crippen molar-refractivity contribution in [2.24, 2.45) is 0 Å². The van der Waals surface area contributed by atoms with Crippen LogP contribution in [0, 0.1) is 19.7 Å². The van der Waals surface area contributed by atoms with Crippen LogP contribution in [-0.2, 0) is 11.3 Å². The lowest BCUT2D eigenvalue weighted by molar-refractivity contribution is -0.121. The highest BCUT2D eigenvalue weighted by Crippen LogP contribution is 2.29. The molecule has 4 aromatic rings. The minimum atomic E-state index is -0.427. The molecule has 0 aliphatic heterocycles. The van der Waals surface area contributed by atoms with Crippen molar-refractivity contribution >= 4 is 28.3 Å². The lowest BCUT2D eigenvalue weighted by atomic mass is 10.1. The van der Waals surface area contributed by atoms with Gasteiger partial charge in [0.1, 0.15) is 23.3 Å². The van der Waals surface area contributed by atoms with E-state index in [1.807, 2.05) is 13.8 Å². The number of hydrogen-bond acceptors (Lipinski definition) is 6. The number of hydrogen-bond donors (Lipinski definition) is 2. The maximum absolute atomic E-state index is 14.3. The molecule has 31 heavy (non-hydrogen) atoms. The zero-order valence-electron chi connectivity index (χ0n) is 17.5. The SMILES string of the molecule is CCNC(=O)Cn1cc2nccc(Nc3cc(-c4nc(C)ccc4F)ncc3C)c2n1. The Morgan fingerprint density at radius 1 is 1.16 bits per heavy atom. The molecule has 0 atom stereocenters. The summed E-state index contributed by atoms with van der Waals surface area (Å²) in [6.45, 7) is 6.25. The average Bonchev–Trinajstić information content (AvgIpc) is 3.15. The summed E-state index contributed by atoms with van der Waals surface area (Å²) in [6, 6.07) is 6.58. The monoisotopic (exact) mass is 419 g/mol. The number of carbonyl (C=O) groups excluding carboxylic acids is 1. The number of carbonyl (C=O) groups is 1. The van der Waals surface area contributed by atoms with Crippen molar-refractivity contribution < 1.29 is 9.18 Å². The summed E-state index contributed by atoms with van der Waals surface area (Å²) in [5.41, 5.74) is 4.98. The van der Waals surface area contributed by atoms with Gasteiger partial charge in [-0.05, 0) is 50.6 Å². The number of aromatic nitrogens is 5. The molecule has 9 heteroatoms. The molecule has 8 nitrogen and oxygen atoms in total. The zero-order valence-corrected chi connectivity index (χ0v) is 17.5. The summed E-state index contributed by atoms with van der Waals surface area (Å²) >= 11 is 0. The minimum absolute atomic E-state index is 0.111. The second kappa shape index (κ2) is 8.47. The van der Waals surface area contributed by atoms with Crippen LogP contribution in [0.15, 0.2) is 42.9 Å². The highest BCUT2D eigenvalue weighted by atomic mass is 19.1. The quantitative estimate of drug-likeness (QED) is 0.496. The van der Waals surface area contributed by atoms with Gasteiger partial charge in [-0.1, -0.05) is 0 Å². The van der Waals surface area contributed by atoms with Crippen molar-refractivity contribution in [2.45, 2.75) is 27.3 Å². The number of rotatable bonds is 6. The molecule has 0 spiro atoms. The lowest BCUT2D eigenvalue weighted by Gasteiger charge is -2.12. The highest BCUT2D eigenvalue weighted by molar-refractivity contribution is 5.90. The number of nitrogens with one attached hydrogen (secondary N) is 2. The number of fused-ring (bicyclic) bond motifs is 1. The van der Waals surface area contributed by atoms with Crippen LogP contribution in [0.3, 0.4) is 0 Å². The van der Waals surface area contributed by atoms with Gasteiger partial charge in [-0.25, -0.2) is 9.37 Å². The lowest BCUT2D eigenvalue weighted by Crippen LogP contribution is -2.27. The summed E-state index contributed by atoms with van der Waals surface area (Å²) in [4.78, 5) is 24.9. The van der Waals surface area contributed by atoms with Crippen molar-refractivity contribution in [3.63, 3.8) is 0 Å². The van der Waals surface area contributed by atoms with Crippen LogP contribution in [0.1, 0.15) is 18.2 Å². The van der Waals surface area contributed by atoms with E-state index in [9.17, 15) is 9.18 Å². The Balaban J connectivity index is 1.68. The van der Waals surface area contributed by atoms with Crippen LogP contribution in [0.5, 0.6) is 0 Å². The molecule has 0 aromatic carbocycles. The van der Waals surface area contributed by atoms with E-state index in [1.54, 1.807) is 48.4 Å². The first-order valence-corrected chi connectivity index (χ1v) is 9.90. The Labute approximate surface area is 178 Å². The van der Waals surface area contributed by atoms with E-state index in [4.69, 9.17) is 0 Å². The molecular formula is C22H22FN7O. The van der Waals surface area contributed by atoms with Gasteiger partial charge in [0, 0.05) is 30.3 Å². The van der Waals surface area contributed by atoms with Crippen molar-refractivity contribution in [3.8, 4) is 11.4 Å². The molecule has 0 bridgehead atoms. The van der Waals surface area contributed by atoms with Crippen LogP contribution in [0.25, 0.3) is 22.4 Å². The van der Waals surface area contributed by atoms with E-state index in [-0.39, 0.29) is 18.1 Å². The molecule has 0 radical (unpaired) electrons. The van der Waals surface area contributed by atoms with Gasteiger partial charge in [0.25, 0.3) is 0 Å². The van der Waals surface area contributed by atoms with E-state index in [1.165, 1.54) is 6.07 Å². The molecule has 0 fully saturated rings. The number of anilines is 2. The smallest absolute Gasteiger partial charge is 0.241 e. The Morgan fingerprint density at radius 3 is 2.81 bits per heavy atom. The maximum atomic E-state index is 14.3. The Kier molecular flexibility index (Phi) is 5.57. The van der Waals surface area contributed by atoms with Crippen LogP contribution in [0.2, 0.25) is 0 Å². The third kappa shape index (κ3) is 4.35. The van der Waals surface area contributed by atoms with Crippen LogP contribution < -0.4 is 10.6 Å². The molecule has 1 amide bonds. The van der Waals surface area contributed by atoms with E-state index in [0.29, 0.717) is 29.0 Å². The molecule has 0 unspecified atom stereocenters. The highest BCUT2D eigenvalue weighted by Gasteiger charge is 2.14. The Bertz CT molecular complexity index is 1270. The fourth-order valence-electron chi connectivity index (χ4n) is 3.20. The van der Waals surface area contributed by atoms with Gasteiger partial charge in [0.05, 0.1) is 17.6 Å². The number of nitrogens with zero attached hydrogens (tertiary/aromatic N) is 5. The van der Waals surface area contributed by atoms with E-state index < -0.39 is 5.82 Å². The molecule has 4 heterocycles. The number of amides is 1. The van der Waals surface area contributed by atoms with E-state index in [0.717, 1.165) is 16.9 Å². The topological polar surface area (TPSA) is 97.6 Å². The Hall–Kier alpha value is -3.88. The summed E-state index contributed by atoms with van der Waals surface area (Å²) in [6.07, 6.45) is 5.07. The molecule has 4 aromatic heterocycles. The van der Waals surface area contributed by atoms with Gasteiger partial charge in [0.2, 0.25) is 5.91 Å². The standard InChI is InChI=1S/C22H22FN7O/c1-4-24-20(31)12-30-11-19-22(29-30)16(7-8-25-19)28-17-9-18(26-10-13(17)2)21-15(23)6-5-14(3)27-21/h5-11H,4,12H2,1-3H3,(H,24,31)(H,26,28). The molecule has 2 N–H and O–H groups in total. The predicted molar refractivity (Wildman–Crippen MR) is 116 cm³/mol. The average molecular weight is 419 g/mol. The predicted octanol–water partition coefficient (Wildman–Crippen LogP) is 3.52. The fraction of sp³-hybridized carbons (Fsp3) is 0.227. The summed E-state index contributed by atoms with van der Waals surface area (Å²) in [7, 11) is 0. The zero-order chi connectivity index (χ0) is 22.0. The van der Waals surface area contributed by atoms with Crippen LogP contribution in [-0.4, -0.2) is 37.2 Å². The van der Waals surface area contributed by atoms with Gasteiger partial charge in [0.15, 0.2) is 5.82 Å². The fourth-order valence-corrected chi connectivity index (χ4v) is 3.20. The number of halogens is 1. The van der Waals surface area contributed by atoms with E-state index in [2.05, 4.69) is 30.7 Å². The molecule has 0 aliphatic carbocycles. The molecule has 0 saturated carbocycles. The summed E-state index contributed by atoms with van der Waals surface area (Å²) in [5.74, 6) is -0.546. The van der Waals surface area contributed by atoms with Gasteiger partial charge < -0.3 is 10.6 Å². The number of pyridine rings is 3. The van der Waals surface area contributed by atoms with Crippen molar-refractivity contribution in [2.75, 3.05) is 11.9 Å². The van der Waals surface area contributed by atoms with Gasteiger partial charge in [-0.3, -0.25) is 19.4 Å². The summed E-state index contributed by atoms with van der Waals surface area (Å²) < 4.78 is 15.9. The third-order valence-electron chi connectivity index (χ3n) is 4.73. The maximum Gasteiger partial charge on any atom is 0.241 e. The van der Waals surface area contributed by atoms with E-state index >= 15 is 0 Å². The van der Waals surface area contributed by atoms with Crippen molar-refractivity contribution in [3.05, 3.63) is 59.9 Å². The van der Waals surface area contributed by atoms with Gasteiger partial charge in [-0.15, -0.1) is 0 Å². The molecular weight excluding hydrogens is 397 g/mol.